The quantitative estimate of drug-likeness (QED) is 0.325. The number of hydrogen-bond donors (Lipinski definition) is 1. The first kappa shape index (κ1) is 27.8. The molecule has 6 nitrogen and oxygen atoms in total. The molecule has 1 saturated carbocycles. The molecule has 5 rings (SSSR count). The number of amides is 3. The highest BCUT2D eigenvalue weighted by Gasteiger charge is 2.33. The summed E-state index contributed by atoms with van der Waals surface area (Å²) >= 11 is 0. The Kier molecular flexibility index (Phi) is 9.04. The molecule has 1 aliphatic carbocycles. The third kappa shape index (κ3) is 6.49. The van der Waals surface area contributed by atoms with Crippen LogP contribution in [0.5, 0.6) is 5.75 Å². The van der Waals surface area contributed by atoms with E-state index in [9.17, 15) is 9.59 Å². The van der Waals surface area contributed by atoms with Gasteiger partial charge in [-0.25, -0.2) is 4.79 Å². The zero-order valence-corrected chi connectivity index (χ0v) is 23.7. The van der Waals surface area contributed by atoms with Crippen molar-refractivity contribution in [3.8, 4) is 5.75 Å². The van der Waals surface area contributed by atoms with Crippen LogP contribution in [0.2, 0.25) is 0 Å². The van der Waals surface area contributed by atoms with Gasteiger partial charge < -0.3 is 15.0 Å². The number of para-hydroxylation sites is 1. The van der Waals surface area contributed by atoms with Crippen molar-refractivity contribution in [3.05, 3.63) is 95.6 Å². The predicted octanol–water partition coefficient (Wildman–Crippen LogP) is 7.31. The Morgan fingerprint density at radius 2 is 1.60 bits per heavy atom. The van der Waals surface area contributed by atoms with Crippen molar-refractivity contribution < 1.29 is 15.8 Å². The van der Waals surface area contributed by atoms with Crippen LogP contribution < -0.4 is 15.0 Å². The average molecular weight is 542 g/mol. The molecule has 2 aliphatic rings. The van der Waals surface area contributed by atoms with Gasteiger partial charge in [0, 0.05) is 26.1 Å². The zero-order valence-electron chi connectivity index (χ0n) is 23.7. The zero-order chi connectivity index (χ0) is 27.9. The SMILES string of the molecule is COc1ccc(C(C)NC(=O)[C@H]2CCCC[C@@H]2c2ccc(CN(C(=O)N3CCCC3)c3ccccc3)cc2)cc1.[HH]. The van der Waals surface area contributed by atoms with Gasteiger partial charge >= 0.3 is 6.03 Å². The lowest BCUT2D eigenvalue weighted by Crippen LogP contribution is -2.41. The standard InChI is InChI=1S/C34H41N3O3.H2/c1-25(27-18-20-30(40-2)21-19-27)35-33(38)32-13-7-6-12-31(32)28-16-14-26(15-17-28)24-37(29-10-4-3-5-11-29)34(39)36-22-8-9-23-36;/h3-5,10-11,14-21,25,31-32H,6-9,12-13,22-24H2,1-2H3,(H,35,38);1H/t25?,31-,32+;/m1./s1. The molecule has 2 fully saturated rings. The Bertz CT molecular complexity index is 1260. The third-order valence-corrected chi connectivity index (χ3v) is 8.50. The number of anilines is 1. The molecular weight excluding hydrogens is 498 g/mol. The van der Waals surface area contributed by atoms with Gasteiger partial charge in [0.15, 0.2) is 0 Å². The Balaban J connectivity index is 0.00000387. The number of ether oxygens (including phenoxy) is 1. The van der Waals surface area contributed by atoms with Crippen LogP contribution in [0.4, 0.5) is 10.5 Å². The van der Waals surface area contributed by atoms with Crippen LogP contribution >= 0.6 is 0 Å². The molecule has 40 heavy (non-hydrogen) atoms. The monoisotopic (exact) mass is 541 g/mol. The molecular formula is C34H43N3O3. The van der Waals surface area contributed by atoms with E-state index in [1.807, 2.05) is 71.3 Å². The minimum Gasteiger partial charge on any atom is -0.497 e. The van der Waals surface area contributed by atoms with Crippen LogP contribution in [0.1, 0.15) is 75.5 Å². The second-order valence-electron chi connectivity index (χ2n) is 11.1. The molecule has 6 heteroatoms. The Morgan fingerprint density at radius 1 is 0.925 bits per heavy atom. The number of carbonyl (C=O) groups excluding carboxylic acids is 2. The minimum atomic E-state index is -0.0690. The maximum absolute atomic E-state index is 13.5. The van der Waals surface area contributed by atoms with E-state index in [0.717, 1.165) is 74.2 Å². The summed E-state index contributed by atoms with van der Waals surface area (Å²) in [5.41, 5.74) is 4.28. The molecule has 0 spiro atoms. The van der Waals surface area contributed by atoms with Crippen molar-refractivity contribution in [1.29, 1.82) is 0 Å². The summed E-state index contributed by atoms with van der Waals surface area (Å²) in [5, 5.41) is 3.27. The number of carbonyl (C=O) groups is 2. The van der Waals surface area contributed by atoms with E-state index >= 15 is 0 Å². The molecule has 212 valence electrons. The van der Waals surface area contributed by atoms with Gasteiger partial charge in [-0.3, -0.25) is 9.69 Å². The number of likely N-dealkylation sites (tertiary alicyclic amines) is 1. The molecule has 3 aromatic carbocycles. The molecule has 3 atom stereocenters. The lowest BCUT2D eigenvalue weighted by Gasteiger charge is -2.32. The van der Waals surface area contributed by atoms with Crippen molar-refractivity contribution >= 4 is 17.6 Å². The van der Waals surface area contributed by atoms with Crippen LogP contribution in [0.15, 0.2) is 78.9 Å². The van der Waals surface area contributed by atoms with Crippen molar-refractivity contribution in [3.63, 3.8) is 0 Å². The number of benzene rings is 3. The topological polar surface area (TPSA) is 61.9 Å². The van der Waals surface area contributed by atoms with Gasteiger partial charge in [0.05, 0.1) is 19.7 Å². The molecule has 1 N–H and O–H groups in total. The molecule has 1 unspecified atom stereocenters. The molecule has 0 aromatic heterocycles. The number of rotatable bonds is 8. The summed E-state index contributed by atoms with van der Waals surface area (Å²) in [6.45, 7) is 4.20. The Hall–Kier alpha value is -3.80. The van der Waals surface area contributed by atoms with Crippen LogP contribution in [0.3, 0.4) is 0 Å². The van der Waals surface area contributed by atoms with Crippen LogP contribution in [-0.2, 0) is 11.3 Å². The maximum atomic E-state index is 13.5. The summed E-state index contributed by atoms with van der Waals surface area (Å²) in [6, 6.07) is 26.4. The van der Waals surface area contributed by atoms with Gasteiger partial charge in [-0.2, -0.15) is 0 Å². The molecule has 3 amide bonds. The number of nitrogens with zero attached hydrogens (tertiary/aromatic N) is 2. The summed E-state index contributed by atoms with van der Waals surface area (Å²) in [7, 11) is 1.66. The lowest BCUT2D eigenvalue weighted by molar-refractivity contribution is -0.127. The van der Waals surface area contributed by atoms with Gasteiger partial charge in [-0.15, -0.1) is 0 Å². The lowest BCUT2D eigenvalue weighted by atomic mass is 9.74. The van der Waals surface area contributed by atoms with Gasteiger partial charge in [0.25, 0.3) is 0 Å². The van der Waals surface area contributed by atoms with E-state index in [-0.39, 0.29) is 31.2 Å². The van der Waals surface area contributed by atoms with Gasteiger partial charge in [-0.1, -0.05) is 67.4 Å². The first-order valence-electron chi connectivity index (χ1n) is 14.7. The van der Waals surface area contributed by atoms with E-state index in [1.54, 1.807) is 7.11 Å². The number of methoxy groups -OCH3 is 1. The van der Waals surface area contributed by atoms with Crippen molar-refractivity contribution in [2.75, 3.05) is 25.1 Å². The third-order valence-electron chi connectivity index (χ3n) is 8.50. The number of hydrogen-bond acceptors (Lipinski definition) is 3. The normalized spacial score (nSPS) is 19.6. The minimum absolute atomic E-state index is 0. The van der Waals surface area contributed by atoms with E-state index in [0.29, 0.717) is 6.54 Å². The number of nitrogens with one attached hydrogen (secondary N) is 1. The molecule has 0 radical (unpaired) electrons. The number of urea groups is 1. The molecule has 1 saturated heterocycles. The highest BCUT2D eigenvalue weighted by molar-refractivity contribution is 5.92. The highest BCUT2D eigenvalue weighted by Crippen LogP contribution is 2.38. The summed E-state index contributed by atoms with van der Waals surface area (Å²) in [4.78, 5) is 30.7. The largest absolute Gasteiger partial charge is 0.497 e. The summed E-state index contributed by atoms with van der Waals surface area (Å²) in [6.07, 6.45) is 6.26. The van der Waals surface area contributed by atoms with E-state index in [2.05, 4.69) is 29.6 Å². The Morgan fingerprint density at radius 3 is 2.27 bits per heavy atom. The fourth-order valence-electron chi connectivity index (χ4n) is 6.15. The highest BCUT2D eigenvalue weighted by atomic mass is 16.5. The van der Waals surface area contributed by atoms with E-state index in [4.69, 9.17) is 4.74 Å². The van der Waals surface area contributed by atoms with Crippen molar-refractivity contribution in [1.82, 2.24) is 10.2 Å². The molecule has 1 aliphatic heterocycles. The average Bonchev–Trinajstić information content (AvgIpc) is 3.56. The second-order valence-corrected chi connectivity index (χ2v) is 11.1. The maximum Gasteiger partial charge on any atom is 0.324 e. The van der Waals surface area contributed by atoms with Crippen molar-refractivity contribution in [2.24, 2.45) is 5.92 Å². The fourth-order valence-corrected chi connectivity index (χ4v) is 6.15. The predicted molar refractivity (Wildman–Crippen MR) is 162 cm³/mol. The van der Waals surface area contributed by atoms with Gasteiger partial charge in [-0.05, 0) is 79.5 Å². The first-order valence-corrected chi connectivity index (χ1v) is 14.7. The smallest absolute Gasteiger partial charge is 0.324 e. The molecule has 1 heterocycles. The second kappa shape index (κ2) is 13.0. The summed E-state index contributed by atoms with van der Waals surface area (Å²) in [5.74, 6) is 1.09. The van der Waals surface area contributed by atoms with Gasteiger partial charge in [0.1, 0.15) is 5.75 Å². The van der Waals surface area contributed by atoms with E-state index in [1.165, 1.54) is 5.56 Å². The first-order chi connectivity index (χ1) is 19.5. The van der Waals surface area contributed by atoms with Gasteiger partial charge in [0.2, 0.25) is 5.91 Å². The molecule has 3 aromatic rings. The van der Waals surface area contributed by atoms with Crippen LogP contribution in [-0.4, -0.2) is 37.0 Å². The van der Waals surface area contributed by atoms with E-state index < -0.39 is 0 Å². The van der Waals surface area contributed by atoms with Crippen molar-refractivity contribution in [2.45, 2.75) is 64.0 Å². The Labute approximate surface area is 239 Å². The summed E-state index contributed by atoms with van der Waals surface area (Å²) < 4.78 is 5.27. The van der Waals surface area contributed by atoms with Crippen LogP contribution in [0.25, 0.3) is 0 Å². The fraction of sp³-hybridized carbons (Fsp3) is 0.412. The molecule has 0 bridgehead atoms. The van der Waals surface area contributed by atoms with Crippen LogP contribution in [0, 0.1) is 5.92 Å².